The first-order valence-corrected chi connectivity index (χ1v) is 9.24. The Hall–Kier alpha value is -2.82. The highest BCUT2D eigenvalue weighted by Gasteiger charge is 2.35. The lowest BCUT2D eigenvalue weighted by Gasteiger charge is -2.27. The van der Waals surface area contributed by atoms with Crippen LogP contribution in [-0.2, 0) is 0 Å². The molecule has 1 fully saturated rings. The summed E-state index contributed by atoms with van der Waals surface area (Å²) in [4.78, 5) is 26.9. The second-order valence-electron chi connectivity index (χ2n) is 6.96. The van der Waals surface area contributed by atoms with Crippen LogP contribution in [0.15, 0.2) is 48.5 Å². The van der Waals surface area contributed by atoms with Crippen molar-refractivity contribution in [1.82, 2.24) is 10.2 Å². The van der Waals surface area contributed by atoms with Gasteiger partial charge in [0.25, 0.3) is 11.8 Å². The number of hydrogen-bond donors (Lipinski definition) is 2. The number of carbonyl (C=O) groups excluding carboxylic acids is 2. The Balaban J connectivity index is 1.59. The number of rotatable bonds is 6. The number of hydrogen-bond acceptors (Lipinski definition) is 3. The lowest BCUT2D eigenvalue weighted by molar-refractivity contribution is 0.0742. The summed E-state index contributed by atoms with van der Waals surface area (Å²) in [5, 5.41) is 6.46. The maximum atomic E-state index is 12.7. The summed E-state index contributed by atoms with van der Waals surface area (Å²) in [6, 6.07) is 15.5. The maximum absolute atomic E-state index is 12.7. The molecule has 1 saturated carbocycles. The van der Waals surface area contributed by atoms with Gasteiger partial charge in [0, 0.05) is 35.0 Å². The molecular formula is C21H23N3O2. The van der Waals surface area contributed by atoms with Gasteiger partial charge in [-0.15, -0.1) is 0 Å². The molecule has 0 radical (unpaired) electrons. The SMILES string of the molecule is CCCN1C(=O)c2ccccc2C1Nc1cccc(C(=O)NC2CC2)c1. The van der Waals surface area contributed by atoms with E-state index in [1.165, 1.54) is 0 Å². The molecule has 2 N–H and O–H groups in total. The van der Waals surface area contributed by atoms with Crippen molar-refractivity contribution >= 4 is 17.5 Å². The van der Waals surface area contributed by atoms with E-state index in [0.29, 0.717) is 18.2 Å². The second kappa shape index (κ2) is 6.83. The minimum absolute atomic E-state index is 0.0375. The molecule has 0 bridgehead atoms. The normalized spacial score (nSPS) is 18.6. The first kappa shape index (κ1) is 16.6. The predicted octanol–water partition coefficient (Wildman–Crippen LogP) is 3.56. The lowest BCUT2D eigenvalue weighted by atomic mass is 10.1. The van der Waals surface area contributed by atoms with Crippen LogP contribution in [0.3, 0.4) is 0 Å². The van der Waals surface area contributed by atoms with Crippen molar-refractivity contribution < 1.29 is 9.59 Å². The van der Waals surface area contributed by atoms with Gasteiger partial charge in [0.1, 0.15) is 6.17 Å². The lowest BCUT2D eigenvalue weighted by Crippen LogP contribution is -2.33. The van der Waals surface area contributed by atoms with Crippen LogP contribution in [-0.4, -0.2) is 29.3 Å². The predicted molar refractivity (Wildman–Crippen MR) is 101 cm³/mol. The van der Waals surface area contributed by atoms with Crippen molar-refractivity contribution in [3.8, 4) is 0 Å². The summed E-state index contributed by atoms with van der Waals surface area (Å²) in [6.45, 7) is 2.75. The van der Waals surface area contributed by atoms with E-state index in [0.717, 1.165) is 36.1 Å². The molecule has 2 aliphatic rings. The molecule has 0 aromatic heterocycles. The van der Waals surface area contributed by atoms with Crippen LogP contribution < -0.4 is 10.6 Å². The third kappa shape index (κ3) is 3.17. The highest BCUT2D eigenvalue weighted by atomic mass is 16.2. The third-order valence-corrected chi connectivity index (χ3v) is 4.86. The number of fused-ring (bicyclic) bond motifs is 1. The summed E-state index contributed by atoms with van der Waals surface area (Å²) in [6.07, 6.45) is 2.81. The van der Waals surface area contributed by atoms with Gasteiger partial charge in [-0.25, -0.2) is 0 Å². The Morgan fingerprint density at radius 3 is 2.73 bits per heavy atom. The molecule has 0 spiro atoms. The Morgan fingerprint density at radius 2 is 1.96 bits per heavy atom. The van der Waals surface area contributed by atoms with Gasteiger partial charge < -0.3 is 15.5 Å². The minimum atomic E-state index is -0.208. The summed E-state index contributed by atoms with van der Waals surface area (Å²) in [5.74, 6) is 0.0204. The Kier molecular flexibility index (Phi) is 4.37. The molecule has 1 heterocycles. The van der Waals surface area contributed by atoms with Crippen molar-refractivity contribution in [1.29, 1.82) is 0 Å². The van der Waals surface area contributed by atoms with E-state index in [-0.39, 0.29) is 18.0 Å². The molecule has 2 aromatic rings. The van der Waals surface area contributed by atoms with Gasteiger partial charge in [0.15, 0.2) is 0 Å². The molecule has 2 aromatic carbocycles. The molecule has 2 amide bonds. The number of carbonyl (C=O) groups is 2. The van der Waals surface area contributed by atoms with Crippen LogP contribution in [0.1, 0.15) is 58.6 Å². The number of amides is 2. The molecule has 0 saturated heterocycles. The Bertz CT molecular complexity index is 845. The molecule has 5 nitrogen and oxygen atoms in total. The zero-order valence-electron chi connectivity index (χ0n) is 14.9. The first-order valence-electron chi connectivity index (χ1n) is 9.24. The average Bonchev–Trinajstić information content (AvgIpc) is 3.44. The minimum Gasteiger partial charge on any atom is -0.361 e. The number of benzene rings is 2. The van der Waals surface area contributed by atoms with Crippen LogP contribution in [0, 0.1) is 0 Å². The van der Waals surface area contributed by atoms with Gasteiger partial charge in [-0.05, 0) is 43.5 Å². The fourth-order valence-electron chi connectivity index (χ4n) is 3.40. The van der Waals surface area contributed by atoms with E-state index in [1.807, 2.05) is 53.4 Å². The van der Waals surface area contributed by atoms with E-state index in [4.69, 9.17) is 0 Å². The van der Waals surface area contributed by atoms with Crippen molar-refractivity contribution in [3.05, 3.63) is 65.2 Å². The highest BCUT2D eigenvalue weighted by Crippen LogP contribution is 2.34. The fraction of sp³-hybridized carbons (Fsp3) is 0.333. The highest BCUT2D eigenvalue weighted by molar-refractivity contribution is 5.99. The quantitative estimate of drug-likeness (QED) is 0.838. The second-order valence-corrected chi connectivity index (χ2v) is 6.96. The molecule has 1 aliphatic carbocycles. The summed E-state index contributed by atoms with van der Waals surface area (Å²) < 4.78 is 0. The third-order valence-electron chi connectivity index (χ3n) is 4.86. The molecule has 1 unspecified atom stereocenters. The number of nitrogens with zero attached hydrogens (tertiary/aromatic N) is 1. The number of anilines is 1. The summed E-state index contributed by atoms with van der Waals surface area (Å²) in [5.41, 5.74) is 3.21. The van der Waals surface area contributed by atoms with Gasteiger partial charge in [0.05, 0.1) is 0 Å². The monoisotopic (exact) mass is 349 g/mol. The van der Waals surface area contributed by atoms with Gasteiger partial charge in [0.2, 0.25) is 0 Å². The number of nitrogens with one attached hydrogen (secondary N) is 2. The topological polar surface area (TPSA) is 61.4 Å². The smallest absolute Gasteiger partial charge is 0.256 e. The molecular weight excluding hydrogens is 326 g/mol. The largest absolute Gasteiger partial charge is 0.361 e. The average molecular weight is 349 g/mol. The van der Waals surface area contributed by atoms with Crippen LogP contribution >= 0.6 is 0 Å². The summed E-state index contributed by atoms with van der Waals surface area (Å²) in [7, 11) is 0. The van der Waals surface area contributed by atoms with Gasteiger partial charge in [-0.2, -0.15) is 0 Å². The van der Waals surface area contributed by atoms with Crippen molar-refractivity contribution in [3.63, 3.8) is 0 Å². The Labute approximate surface area is 153 Å². The molecule has 5 heteroatoms. The van der Waals surface area contributed by atoms with E-state index in [1.54, 1.807) is 0 Å². The van der Waals surface area contributed by atoms with Crippen LogP contribution in [0.2, 0.25) is 0 Å². The van der Waals surface area contributed by atoms with Crippen molar-refractivity contribution in [2.45, 2.75) is 38.4 Å². The van der Waals surface area contributed by atoms with E-state index in [9.17, 15) is 9.59 Å². The molecule has 1 atom stereocenters. The van der Waals surface area contributed by atoms with E-state index >= 15 is 0 Å². The van der Waals surface area contributed by atoms with Crippen LogP contribution in [0.5, 0.6) is 0 Å². The van der Waals surface area contributed by atoms with Gasteiger partial charge >= 0.3 is 0 Å². The van der Waals surface area contributed by atoms with E-state index in [2.05, 4.69) is 17.6 Å². The Morgan fingerprint density at radius 1 is 1.15 bits per heavy atom. The standard InChI is InChI=1S/C21H23N3O2/c1-2-12-24-19(17-8-3-4-9-18(17)21(24)26)22-16-7-5-6-14(13-16)20(25)23-15-10-11-15/h3-9,13,15,19,22H,2,10-12H2,1H3,(H,23,25). The summed E-state index contributed by atoms with van der Waals surface area (Å²) >= 11 is 0. The van der Waals surface area contributed by atoms with Gasteiger partial charge in [-0.3, -0.25) is 9.59 Å². The zero-order valence-corrected chi connectivity index (χ0v) is 14.9. The molecule has 4 rings (SSSR count). The molecule has 26 heavy (non-hydrogen) atoms. The maximum Gasteiger partial charge on any atom is 0.256 e. The molecule has 134 valence electrons. The zero-order chi connectivity index (χ0) is 18.1. The van der Waals surface area contributed by atoms with Crippen molar-refractivity contribution in [2.24, 2.45) is 0 Å². The van der Waals surface area contributed by atoms with E-state index < -0.39 is 0 Å². The fourth-order valence-corrected chi connectivity index (χ4v) is 3.40. The molecule has 1 aliphatic heterocycles. The van der Waals surface area contributed by atoms with Gasteiger partial charge in [-0.1, -0.05) is 31.2 Å². The van der Waals surface area contributed by atoms with Crippen LogP contribution in [0.4, 0.5) is 5.69 Å². The van der Waals surface area contributed by atoms with Crippen molar-refractivity contribution in [2.75, 3.05) is 11.9 Å². The first-order chi connectivity index (χ1) is 12.7. The van der Waals surface area contributed by atoms with Crippen LogP contribution in [0.25, 0.3) is 0 Å².